The summed E-state index contributed by atoms with van der Waals surface area (Å²) in [4.78, 5) is 11.8. The van der Waals surface area contributed by atoms with Crippen molar-refractivity contribution >= 4 is 5.91 Å². The molecule has 1 aliphatic carbocycles. The molecule has 0 unspecified atom stereocenters. The van der Waals surface area contributed by atoms with Gasteiger partial charge in [0.2, 0.25) is 5.91 Å². The number of hydrogen-bond donors (Lipinski definition) is 2. The lowest BCUT2D eigenvalue weighted by molar-refractivity contribution is -0.125. The molecule has 0 aromatic rings. The second-order valence-electron chi connectivity index (χ2n) is 4.58. The van der Waals surface area contributed by atoms with Crippen molar-refractivity contribution in [3.63, 3.8) is 0 Å². The van der Waals surface area contributed by atoms with Gasteiger partial charge in [0.15, 0.2) is 0 Å². The fourth-order valence-corrected chi connectivity index (χ4v) is 2.08. The smallest absolute Gasteiger partial charge is 0.228 e. The molecule has 16 heavy (non-hydrogen) atoms. The third-order valence-corrected chi connectivity index (χ3v) is 3.12. The van der Waals surface area contributed by atoms with Gasteiger partial charge in [0.05, 0.1) is 5.82 Å². The minimum absolute atomic E-state index is 0.147. The van der Waals surface area contributed by atoms with E-state index in [-0.39, 0.29) is 11.8 Å². The Kier molecular flexibility index (Phi) is 5.98. The van der Waals surface area contributed by atoms with Gasteiger partial charge in [-0.05, 0) is 19.3 Å². The Bertz CT molecular complexity index is 232. The summed E-state index contributed by atoms with van der Waals surface area (Å²) in [5.41, 5.74) is 0. The molecule has 0 spiro atoms. The van der Waals surface area contributed by atoms with E-state index in [2.05, 4.69) is 24.1 Å². The third-order valence-electron chi connectivity index (χ3n) is 3.12. The predicted octanol–water partition coefficient (Wildman–Crippen LogP) is 2.54. The standard InChI is InChI=1S/C13H24N2O/c1-3-4-10-14-11(2)15-13(16)12-8-6-5-7-9-12/h12,14H,2-10H2,1H3,(H,15,16). The average Bonchev–Trinajstić information content (AvgIpc) is 2.30. The number of amides is 1. The first-order chi connectivity index (χ1) is 7.74. The summed E-state index contributed by atoms with van der Waals surface area (Å²) in [7, 11) is 0. The molecule has 3 heteroatoms. The first-order valence-electron chi connectivity index (χ1n) is 6.47. The molecule has 1 aliphatic rings. The number of hydrogen-bond acceptors (Lipinski definition) is 2. The average molecular weight is 224 g/mol. The SMILES string of the molecule is C=C(NCCCC)NC(=O)C1CCCCC1. The highest BCUT2D eigenvalue weighted by atomic mass is 16.2. The summed E-state index contributed by atoms with van der Waals surface area (Å²) in [5, 5.41) is 5.99. The van der Waals surface area contributed by atoms with Crippen molar-refractivity contribution in [1.29, 1.82) is 0 Å². The van der Waals surface area contributed by atoms with E-state index in [1.807, 2.05) is 0 Å². The van der Waals surface area contributed by atoms with Gasteiger partial charge < -0.3 is 10.6 Å². The first-order valence-corrected chi connectivity index (χ1v) is 6.47. The Balaban J connectivity index is 2.19. The molecule has 1 rings (SSSR count). The van der Waals surface area contributed by atoms with Crippen LogP contribution in [0.5, 0.6) is 0 Å². The van der Waals surface area contributed by atoms with Crippen LogP contribution in [-0.2, 0) is 4.79 Å². The Morgan fingerprint density at radius 1 is 1.31 bits per heavy atom. The van der Waals surface area contributed by atoms with Crippen LogP contribution in [0.25, 0.3) is 0 Å². The topological polar surface area (TPSA) is 41.1 Å². The van der Waals surface area contributed by atoms with Gasteiger partial charge in [0.1, 0.15) is 0 Å². The van der Waals surface area contributed by atoms with Gasteiger partial charge in [-0.3, -0.25) is 4.79 Å². The van der Waals surface area contributed by atoms with Crippen LogP contribution in [0, 0.1) is 5.92 Å². The largest absolute Gasteiger partial charge is 0.372 e. The lowest BCUT2D eigenvalue weighted by Gasteiger charge is -2.21. The Hall–Kier alpha value is -0.990. The maximum atomic E-state index is 11.8. The molecule has 0 aliphatic heterocycles. The van der Waals surface area contributed by atoms with E-state index in [0.717, 1.165) is 32.2 Å². The van der Waals surface area contributed by atoms with Crippen LogP contribution in [0.15, 0.2) is 12.4 Å². The second kappa shape index (κ2) is 7.31. The van der Waals surface area contributed by atoms with Gasteiger partial charge in [-0.25, -0.2) is 0 Å². The van der Waals surface area contributed by atoms with Crippen molar-refractivity contribution < 1.29 is 4.79 Å². The van der Waals surface area contributed by atoms with Gasteiger partial charge >= 0.3 is 0 Å². The minimum Gasteiger partial charge on any atom is -0.372 e. The number of nitrogens with one attached hydrogen (secondary N) is 2. The molecule has 0 radical (unpaired) electrons. The summed E-state index contributed by atoms with van der Waals surface area (Å²) in [5.74, 6) is 1.01. The van der Waals surface area contributed by atoms with E-state index in [9.17, 15) is 4.79 Å². The first kappa shape index (κ1) is 13.1. The number of carbonyl (C=O) groups is 1. The van der Waals surface area contributed by atoms with Gasteiger partial charge in [-0.2, -0.15) is 0 Å². The van der Waals surface area contributed by atoms with Crippen molar-refractivity contribution in [2.24, 2.45) is 5.92 Å². The molecule has 1 amide bonds. The molecule has 1 saturated carbocycles. The van der Waals surface area contributed by atoms with Crippen LogP contribution >= 0.6 is 0 Å². The molecule has 0 saturated heterocycles. The van der Waals surface area contributed by atoms with Crippen molar-refractivity contribution in [1.82, 2.24) is 10.6 Å². The highest BCUT2D eigenvalue weighted by Crippen LogP contribution is 2.23. The quantitative estimate of drug-likeness (QED) is 0.681. The van der Waals surface area contributed by atoms with Crippen molar-refractivity contribution in [2.75, 3.05) is 6.54 Å². The molecule has 3 nitrogen and oxygen atoms in total. The monoisotopic (exact) mass is 224 g/mol. The molecule has 2 N–H and O–H groups in total. The van der Waals surface area contributed by atoms with Gasteiger partial charge in [0.25, 0.3) is 0 Å². The number of carbonyl (C=O) groups excluding carboxylic acids is 1. The van der Waals surface area contributed by atoms with Crippen LogP contribution in [0.2, 0.25) is 0 Å². The molecule has 0 aromatic carbocycles. The molecule has 1 fully saturated rings. The molecule has 0 bridgehead atoms. The van der Waals surface area contributed by atoms with Crippen LogP contribution in [0.1, 0.15) is 51.9 Å². The summed E-state index contributed by atoms with van der Waals surface area (Å²) in [6, 6.07) is 0. The van der Waals surface area contributed by atoms with Gasteiger partial charge in [-0.1, -0.05) is 39.2 Å². The zero-order valence-electron chi connectivity index (χ0n) is 10.3. The molecule has 0 atom stereocenters. The third kappa shape index (κ3) is 4.69. The lowest BCUT2D eigenvalue weighted by atomic mass is 9.89. The van der Waals surface area contributed by atoms with E-state index >= 15 is 0 Å². The summed E-state index contributed by atoms with van der Waals surface area (Å²) >= 11 is 0. The van der Waals surface area contributed by atoms with Crippen LogP contribution < -0.4 is 10.6 Å². The summed E-state index contributed by atoms with van der Waals surface area (Å²) in [6.45, 7) is 6.85. The summed E-state index contributed by atoms with van der Waals surface area (Å²) < 4.78 is 0. The Morgan fingerprint density at radius 3 is 2.62 bits per heavy atom. The maximum absolute atomic E-state index is 11.8. The maximum Gasteiger partial charge on any atom is 0.228 e. The van der Waals surface area contributed by atoms with Gasteiger partial charge in [0, 0.05) is 12.5 Å². The second-order valence-corrected chi connectivity index (χ2v) is 4.58. The van der Waals surface area contributed by atoms with Crippen LogP contribution in [0.3, 0.4) is 0 Å². The molecular weight excluding hydrogens is 200 g/mol. The lowest BCUT2D eigenvalue weighted by Crippen LogP contribution is -2.36. The van der Waals surface area contributed by atoms with E-state index in [0.29, 0.717) is 5.82 Å². The zero-order valence-corrected chi connectivity index (χ0v) is 10.3. The Morgan fingerprint density at radius 2 is 2.00 bits per heavy atom. The van der Waals surface area contributed by atoms with E-state index in [4.69, 9.17) is 0 Å². The van der Waals surface area contributed by atoms with Crippen LogP contribution in [0.4, 0.5) is 0 Å². The molecular formula is C13H24N2O. The molecule has 92 valence electrons. The minimum atomic E-state index is 0.147. The van der Waals surface area contributed by atoms with Crippen molar-refractivity contribution in [3.05, 3.63) is 12.4 Å². The van der Waals surface area contributed by atoms with E-state index < -0.39 is 0 Å². The highest BCUT2D eigenvalue weighted by Gasteiger charge is 2.20. The van der Waals surface area contributed by atoms with Gasteiger partial charge in [-0.15, -0.1) is 0 Å². The zero-order chi connectivity index (χ0) is 11.8. The van der Waals surface area contributed by atoms with Crippen molar-refractivity contribution in [2.45, 2.75) is 51.9 Å². The van der Waals surface area contributed by atoms with E-state index in [1.54, 1.807) is 0 Å². The fourth-order valence-electron chi connectivity index (χ4n) is 2.08. The molecule has 0 aromatic heterocycles. The predicted molar refractivity (Wildman–Crippen MR) is 66.8 cm³/mol. The number of rotatable bonds is 6. The van der Waals surface area contributed by atoms with Crippen LogP contribution in [-0.4, -0.2) is 12.5 Å². The van der Waals surface area contributed by atoms with E-state index in [1.165, 1.54) is 19.3 Å². The van der Waals surface area contributed by atoms with Crippen molar-refractivity contribution in [3.8, 4) is 0 Å². The highest BCUT2D eigenvalue weighted by molar-refractivity contribution is 5.80. The normalized spacial score (nSPS) is 16.8. The fraction of sp³-hybridized carbons (Fsp3) is 0.769. The number of unbranched alkanes of at least 4 members (excludes halogenated alkanes) is 1. The molecule has 0 heterocycles. The summed E-state index contributed by atoms with van der Waals surface area (Å²) in [6.07, 6.45) is 7.98. The Labute approximate surface area is 98.7 Å².